The van der Waals surface area contributed by atoms with Gasteiger partial charge in [-0.1, -0.05) is 6.92 Å². The van der Waals surface area contributed by atoms with Crippen LogP contribution in [0.25, 0.3) is 0 Å². The molecule has 0 saturated heterocycles. The van der Waals surface area contributed by atoms with Gasteiger partial charge in [-0.05, 0) is 31.1 Å². The molecule has 0 spiro atoms. The van der Waals surface area contributed by atoms with E-state index in [4.69, 9.17) is 10.5 Å². The third-order valence-electron chi connectivity index (χ3n) is 4.05. The van der Waals surface area contributed by atoms with Crippen molar-refractivity contribution in [1.82, 2.24) is 0 Å². The smallest absolute Gasteiger partial charge is 0.178 e. The number of carbonyl (C=O) groups is 1. The topological polar surface area (TPSA) is 64.3 Å². The second-order valence-corrected chi connectivity index (χ2v) is 7.03. The first-order valence-corrected chi connectivity index (χ1v) is 7.60. The van der Waals surface area contributed by atoms with Crippen molar-refractivity contribution in [2.45, 2.75) is 32.6 Å². The summed E-state index contributed by atoms with van der Waals surface area (Å²) in [5, 5.41) is 4.30. The first kappa shape index (κ1) is 12.8. The largest absolute Gasteiger partial charge is 0.492 e. The molecule has 0 amide bonds. The fourth-order valence-electron chi connectivity index (χ4n) is 2.15. The van der Waals surface area contributed by atoms with Gasteiger partial charge < -0.3 is 15.8 Å². The molecule has 1 aromatic heterocycles. The zero-order chi connectivity index (χ0) is 13.6. The Morgan fingerprint density at radius 1 is 1.53 bits per heavy atom. The summed E-state index contributed by atoms with van der Waals surface area (Å²) in [6.45, 7) is 3.18. The van der Waals surface area contributed by atoms with Gasteiger partial charge in [0, 0.05) is 12.5 Å². The van der Waals surface area contributed by atoms with Crippen LogP contribution in [0.5, 0.6) is 5.75 Å². The lowest BCUT2D eigenvalue weighted by Gasteiger charge is -2.11. The highest BCUT2D eigenvalue weighted by atomic mass is 32.1. The fraction of sp³-hybridized carbons (Fsp3) is 0.643. The Bertz CT molecular complexity index is 516. The Morgan fingerprint density at radius 2 is 2.21 bits per heavy atom. The highest BCUT2D eigenvalue weighted by Crippen LogP contribution is 2.49. The molecule has 0 bridgehead atoms. The number of ether oxygens (including phenoxy) is 1. The van der Waals surface area contributed by atoms with Gasteiger partial charge in [-0.3, -0.25) is 4.79 Å². The Morgan fingerprint density at radius 3 is 2.74 bits per heavy atom. The number of carbonyl (C=O) groups excluding carboxylic acids is 1. The van der Waals surface area contributed by atoms with Crippen LogP contribution in [0.1, 0.15) is 42.3 Å². The average Bonchev–Trinajstić information content (AvgIpc) is 3.28. The highest BCUT2D eigenvalue weighted by molar-refractivity contribution is 7.19. The number of Topliss-reactive ketones (excluding diaryl/α,β-unsaturated/α-hetero) is 1. The van der Waals surface area contributed by atoms with E-state index in [2.05, 4.69) is 12.2 Å². The maximum absolute atomic E-state index is 12.2. The molecule has 2 saturated carbocycles. The van der Waals surface area contributed by atoms with Crippen LogP contribution in [0.3, 0.4) is 0 Å². The van der Waals surface area contributed by atoms with Crippen LogP contribution in [0.15, 0.2) is 0 Å². The quantitative estimate of drug-likeness (QED) is 0.786. The van der Waals surface area contributed by atoms with Crippen molar-refractivity contribution < 1.29 is 9.53 Å². The third-order valence-corrected chi connectivity index (χ3v) is 5.21. The lowest BCUT2D eigenvalue weighted by molar-refractivity contribution is 0.0972. The summed E-state index contributed by atoms with van der Waals surface area (Å²) in [6, 6.07) is 0. The number of methoxy groups -OCH3 is 1. The number of hydrogen-bond acceptors (Lipinski definition) is 5. The number of nitrogen functional groups attached to an aromatic ring is 1. The van der Waals surface area contributed by atoms with Crippen molar-refractivity contribution in [3.05, 3.63) is 4.88 Å². The Hall–Kier alpha value is -1.23. The van der Waals surface area contributed by atoms with Gasteiger partial charge in [0.2, 0.25) is 0 Å². The van der Waals surface area contributed by atoms with Gasteiger partial charge in [0.15, 0.2) is 11.5 Å². The summed E-state index contributed by atoms with van der Waals surface area (Å²) in [5.74, 6) is 1.02. The van der Waals surface area contributed by atoms with Crippen LogP contribution in [-0.4, -0.2) is 19.4 Å². The predicted molar refractivity (Wildman–Crippen MR) is 78.2 cm³/mol. The second kappa shape index (κ2) is 4.40. The van der Waals surface area contributed by atoms with Crippen LogP contribution in [0, 0.1) is 11.3 Å². The summed E-state index contributed by atoms with van der Waals surface area (Å²) >= 11 is 1.44. The third kappa shape index (κ3) is 2.43. The molecule has 2 aliphatic carbocycles. The second-order valence-electron chi connectivity index (χ2n) is 6.01. The molecule has 104 valence electrons. The molecule has 2 aliphatic rings. The first-order chi connectivity index (χ1) is 9.04. The molecular formula is C14H20N2O2S. The predicted octanol–water partition coefficient (Wildman–Crippen LogP) is 3.14. The van der Waals surface area contributed by atoms with Crippen molar-refractivity contribution in [3.8, 4) is 5.75 Å². The molecule has 4 nitrogen and oxygen atoms in total. The Balaban J connectivity index is 1.81. The average molecular weight is 280 g/mol. The van der Waals surface area contributed by atoms with Crippen molar-refractivity contribution >= 4 is 27.8 Å². The molecule has 0 unspecified atom stereocenters. The van der Waals surface area contributed by atoms with E-state index in [1.54, 1.807) is 7.11 Å². The van der Waals surface area contributed by atoms with E-state index in [0.29, 0.717) is 21.7 Å². The van der Waals surface area contributed by atoms with Gasteiger partial charge in [0.1, 0.15) is 5.00 Å². The molecule has 19 heavy (non-hydrogen) atoms. The molecule has 1 aromatic rings. The van der Waals surface area contributed by atoms with Gasteiger partial charge >= 0.3 is 0 Å². The number of anilines is 2. The zero-order valence-corrected chi connectivity index (χ0v) is 12.2. The number of thiophene rings is 1. The summed E-state index contributed by atoms with van der Waals surface area (Å²) in [7, 11) is 1.60. The number of nitrogens with two attached hydrogens (primary N) is 1. The van der Waals surface area contributed by atoms with E-state index < -0.39 is 0 Å². The fourth-order valence-corrected chi connectivity index (χ4v) is 3.25. The Kier molecular flexibility index (Phi) is 2.96. The number of rotatable bonds is 6. The molecule has 0 radical (unpaired) electrons. The molecule has 0 aromatic carbocycles. The highest BCUT2D eigenvalue weighted by Gasteiger charge is 2.38. The van der Waals surface area contributed by atoms with Gasteiger partial charge in [-0.2, -0.15) is 0 Å². The van der Waals surface area contributed by atoms with E-state index in [0.717, 1.165) is 24.4 Å². The van der Waals surface area contributed by atoms with Gasteiger partial charge in [-0.15, -0.1) is 11.3 Å². The van der Waals surface area contributed by atoms with Crippen molar-refractivity contribution in [2.24, 2.45) is 11.3 Å². The maximum atomic E-state index is 12.2. The van der Waals surface area contributed by atoms with Crippen molar-refractivity contribution in [2.75, 3.05) is 24.7 Å². The molecule has 1 heterocycles. The maximum Gasteiger partial charge on any atom is 0.178 e. The molecule has 3 N–H and O–H groups in total. The van der Waals surface area contributed by atoms with E-state index in [9.17, 15) is 4.79 Å². The van der Waals surface area contributed by atoms with Gasteiger partial charge in [0.25, 0.3) is 0 Å². The van der Waals surface area contributed by atoms with Crippen molar-refractivity contribution in [1.29, 1.82) is 0 Å². The van der Waals surface area contributed by atoms with E-state index >= 15 is 0 Å². The summed E-state index contributed by atoms with van der Waals surface area (Å²) < 4.78 is 5.36. The number of hydrogen-bond donors (Lipinski definition) is 2. The van der Waals surface area contributed by atoms with Crippen molar-refractivity contribution in [3.63, 3.8) is 0 Å². The minimum atomic E-state index is 0.187. The minimum absolute atomic E-state index is 0.187. The normalized spacial score (nSPS) is 20.1. The molecule has 5 heteroatoms. The summed E-state index contributed by atoms with van der Waals surface area (Å²) in [6.07, 6.45) is 4.52. The van der Waals surface area contributed by atoms with Gasteiger partial charge in [0.05, 0.1) is 17.7 Å². The molecule has 2 fully saturated rings. The Labute approximate surface area is 117 Å². The molecule has 3 rings (SSSR count). The van der Waals surface area contributed by atoms with Crippen LogP contribution in [0.2, 0.25) is 0 Å². The zero-order valence-electron chi connectivity index (χ0n) is 11.4. The van der Waals surface area contributed by atoms with Crippen LogP contribution in [-0.2, 0) is 0 Å². The SMILES string of the molecule is COc1c(NCC2(C)CC2)sc(C(=O)C2CC2)c1N. The van der Waals surface area contributed by atoms with Gasteiger partial charge in [-0.25, -0.2) is 0 Å². The molecule has 0 atom stereocenters. The van der Waals surface area contributed by atoms with E-state index in [1.807, 2.05) is 0 Å². The molecule has 0 aliphatic heterocycles. The minimum Gasteiger partial charge on any atom is -0.492 e. The summed E-state index contributed by atoms with van der Waals surface area (Å²) in [4.78, 5) is 12.8. The molecular weight excluding hydrogens is 260 g/mol. The van der Waals surface area contributed by atoms with Crippen LogP contribution in [0.4, 0.5) is 10.7 Å². The first-order valence-electron chi connectivity index (χ1n) is 6.78. The lowest BCUT2D eigenvalue weighted by atomic mass is 10.1. The summed E-state index contributed by atoms with van der Waals surface area (Å²) in [5.41, 5.74) is 6.98. The number of ketones is 1. The van der Waals surface area contributed by atoms with Crippen LogP contribution < -0.4 is 15.8 Å². The van der Waals surface area contributed by atoms with E-state index in [1.165, 1.54) is 24.2 Å². The van der Waals surface area contributed by atoms with Crippen LogP contribution >= 0.6 is 11.3 Å². The lowest BCUT2D eigenvalue weighted by Crippen LogP contribution is -2.11. The number of nitrogens with one attached hydrogen (secondary N) is 1. The standard InChI is InChI=1S/C14H20N2O2S/c1-14(5-6-14)7-16-13-11(18-2)9(15)12(19-13)10(17)8-3-4-8/h8,16H,3-7,15H2,1-2H3. The monoisotopic (exact) mass is 280 g/mol. The van der Waals surface area contributed by atoms with E-state index in [-0.39, 0.29) is 11.7 Å².